The fourth-order valence-electron chi connectivity index (χ4n) is 8.76. The summed E-state index contributed by atoms with van der Waals surface area (Å²) in [7, 11) is 0. The van der Waals surface area contributed by atoms with Crippen LogP contribution in [0, 0.1) is 0 Å². The SMILES string of the molecule is c1ccc2cc(-c3ccc(-c4ccc(N(c5ccc(-c6cccc7c6ccc6ccccc67)cc5)c5cc6ccccc6c6ccccc56)cc4)cc3)ccc2c1. The van der Waals surface area contributed by atoms with Gasteiger partial charge in [-0.1, -0.05) is 188 Å². The Hall–Kier alpha value is -7.48. The summed E-state index contributed by atoms with van der Waals surface area (Å²) >= 11 is 0. The summed E-state index contributed by atoms with van der Waals surface area (Å²) in [5, 5.41) is 12.6. The largest absolute Gasteiger partial charge is 0.310 e. The molecule has 0 radical (unpaired) electrons. The second-order valence-electron chi connectivity index (χ2n) is 14.9. The zero-order valence-corrected chi connectivity index (χ0v) is 31.3. The highest BCUT2D eigenvalue weighted by Crippen LogP contribution is 2.43. The molecule has 0 aliphatic heterocycles. The maximum absolute atomic E-state index is 2.42. The lowest BCUT2D eigenvalue weighted by Gasteiger charge is -2.28. The minimum absolute atomic E-state index is 1.11. The van der Waals surface area contributed by atoms with Crippen molar-refractivity contribution in [3.8, 4) is 33.4 Å². The quantitative estimate of drug-likeness (QED) is 0.154. The van der Waals surface area contributed by atoms with Gasteiger partial charge in [0.05, 0.1) is 5.69 Å². The van der Waals surface area contributed by atoms with Gasteiger partial charge in [-0.2, -0.15) is 0 Å². The molecule has 0 unspecified atom stereocenters. The van der Waals surface area contributed by atoms with Crippen molar-refractivity contribution in [3.05, 3.63) is 224 Å². The van der Waals surface area contributed by atoms with E-state index < -0.39 is 0 Å². The summed E-state index contributed by atoms with van der Waals surface area (Å²) in [6.07, 6.45) is 0. The Balaban J connectivity index is 0.999. The van der Waals surface area contributed by atoms with E-state index in [1.165, 1.54) is 87.2 Å². The van der Waals surface area contributed by atoms with Crippen LogP contribution in [0.25, 0.3) is 87.2 Å². The minimum Gasteiger partial charge on any atom is -0.310 e. The first-order valence-corrected chi connectivity index (χ1v) is 19.7. The Morgan fingerprint density at radius 3 is 1.39 bits per heavy atom. The van der Waals surface area contributed by atoms with Gasteiger partial charge in [-0.25, -0.2) is 0 Å². The first-order chi connectivity index (χ1) is 28.2. The zero-order valence-electron chi connectivity index (χ0n) is 31.3. The zero-order chi connectivity index (χ0) is 37.7. The van der Waals surface area contributed by atoms with E-state index in [9.17, 15) is 0 Å². The summed E-state index contributed by atoms with van der Waals surface area (Å²) in [5.74, 6) is 0. The standard InChI is InChI=1S/C56H37N/c1-2-12-44-36-45(25-24-38(44)10-1)41-22-20-39(21-23-41)40-26-31-47(32-27-40)57(56-37-46-13-4-6-15-51(46)53-16-7-8-17-55(53)56)48-33-28-43(29-34-48)50-18-9-19-52-49-14-5-3-11-42(49)30-35-54(50)52/h1-37H. The molecule has 0 saturated heterocycles. The van der Waals surface area contributed by atoms with Crippen molar-refractivity contribution in [2.24, 2.45) is 0 Å². The molecule has 57 heavy (non-hydrogen) atoms. The lowest BCUT2D eigenvalue weighted by atomic mass is 9.94. The average molecular weight is 724 g/mol. The van der Waals surface area contributed by atoms with E-state index in [1.54, 1.807) is 0 Å². The first-order valence-electron chi connectivity index (χ1n) is 19.7. The van der Waals surface area contributed by atoms with Crippen molar-refractivity contribution >= 4 is 70.9 Å². The van der Waals surface area contributed by atoms with Gasteiger partial charge in [0.2, 0.25) is 0 Å². The van der Waals surface area contributed by atoms with Crippen molar-refractivity contribution in [3.63, 3.8) is 0 Å². The Morgan fingerprint density at radius 1 is 0.228 bits per heavy atom. The Kier molecular flexibility index (Phi) is 7.89. The molecule has 0 saturated carbocycles. The van der Waals surface area contributed by atoms with Crippen LogP contribution in [0.15, 0.2) is 224 Å². The van der Waals surface area contributed by atoms with Crippen LogP contribution in [0.3, 0.4) is 0 Å². The average Bonchev–Trinajstić information content (AvgIpc) is 3.29. The molecule has 0 aliphatic rings. The summed E-state index contributed by atoms with van der Waals surface area (Å²) in [4.78, 5) is 2.42. The van der Waals surface area contributed by atoms with E-state index in [4.69, 9.17) is 0 Å². The highest BCUT2D eigenvalue weighted by atomic mass is 15.1. The molecule has 0 aromatic heterocycles. The molecule has 0 amide bonds. The third-order valence-electron chi connectivity index (χ3n) is 11.6. The van der Waals surface area contributed by atoms with Gasteiger partial charge in [-0.15, -0.1) is 0 Å². The molecule has 266 valence electrons. The van der Waals surface area contributed by atoms with Crippen LogP contribution in [-0.4, -0.2) is 0 Å². The number of benzene rings is 11. The van der Waals surface area contributed by atoms with Crippen molar-refractivity contribution < 1.29 is 0 Å². The highest BCUT2D eigenvalue weighted by molar-refractivity contribution is 6.15. The molecule has 0 N–H and O–H groups in total. The van der Waals surface area contributed by atoms with Gasteiger partial charge in [0.1, 0.15) is 0 Å². The molecule has 1 heteroatoms. The second kappa shape index (κ2) is 13.7. The number of nitrogens with zero attached hydrogens (tertiary/aromatic N) is 1. The van der Waals surface area contributed by atoms with E-state index in [0.29, 0.717) is 0 Å². The maximum Gasteiger partial charge on any atom is 0.0546 e. The molecule has 0 atom stereocenters. The van der Waals surface area contributed by atoms with E-state index in [-0.39, 0.29) is 0 Å². The van der Waals surface area contributed by atoms with Crippen LogP contribution in [-0.2, 0) is 0 Å². The number of anilines is 3. The molecular formula is C56H37N. The molecule has 0 aliphatic carbocycles. The summed E-state index contributed by atoms with van der Waals surface area (Å²) in [6.45, 7) is 0. The fourth-order valence-corrected chi connectivity index (χ4v) is 8.76. The van der Waals surface area contributed by atoms with Crippen molar-refractivity contribution in [1.82, 2.24) is 0 Å². The van der Waals surface area contributed by atoms with Crippen LogP contribution in [0.1, 0.15) is 0 Å². The van der Waals surface area contributed by atoms with Gasteiger partial charge in [0.15, 0.2) is 0 Å². The lowest BCUT2D eigenvalue weighted by molar-refractivity contribution is 1.30. The molecule has 1 nitrogen and oxygen atoms in total. The van der Waals surface area contributed by atoms with Gasteiger partial charge < -0.3 is 4.90 Å². The van der Waals surface area contributed by atoms with Crippen molar-refractivity contribution in [1.29, 1.82) is 0 Å². The summed E-state index contributed by atoms with van der Waals surface area (Å²) in [6, 6.07) is 82.0. The summed E-state index contributed by atoms with van der Waals surface area (Å²) in [5.41, 5.74) is 10.6. The molecule has 0 fully saturated rings. The van der Waals surface area contributed by atoms with Crippen molar-refractivity contribution in [2.45, 2.75) is 0 Å². The topological polar surface area (TPSA) is 3.24 Å². The predicted molar refractivity (Wildman–Crippen MR) is 245 cm³/mol. The Bertz CT molecular complexity index is 3270. The monoisotopic (exact) mass is 723 g/mol. The maximum atomic E-state index is 2.42. The highest BCUT2D eigenvalue weighted by Gasteiger charge is 2.18. The molecule has 0 bridgehead atoms. The van der Waals surface area contributed by atoms with Crippen molar-refractivity contribution in [2.75, 3.05) is 4.90 Å². The number of fused-ring (bicyclic) bond motifs is 7. The van der Waals surface area contributed by atoms with E-state index in [0.717, 1.165) is 17.1 Å². The number of rotatable bonds is 6. The Labute approximate surface area is 332 Å². The molecule has 11 rings (SSSR count). The molecule has 0 heterocycles. The lowest BCUT2D eigenvalue weighted by Crippen LogP contribution is -2.10. The van der Waals surface area contributed by atoms with Gasteiger partial charge in [-0.05, 0) is 118 Å². The minimum atomic E-state index is 1.11. The predicted octanol–water partition coefficient (Wildman–Crippen LogP) is 15.9. The fraction of sp³-hybridized carbons (Fsp3) is 0. The van der Waals surface area contributed by atoms with Gasteiger partial charge >= 0.3 is 0 Å². The molecular weight excluding hydrogens is 687 g/mol. The number of hydrogen-bond donors (Lipinski definition) is 0. The molecule has 11 aromatic carbocycles. The molecule has 11 aromatic rings. The van der Waals surface area contributed by atoms with E-state index >= 15 is 0 Å². The Morgan fingerprint density at radius 2 is 0.684 bits per heavy atom. The van der Waals surface area contributed by atoms with Crippen LogP contribution >= 0.6 is 0 Å². The van der Waals surface area contributed by atoms with Gasteiger partial charge in [0, 0.05) is 16.8 Å². The third-order valence-corrected chi connectivity index (χ3v) is 11.6. The first kappa shape index (κ1) is 32.9. The smallest absolute Gasteiger partial charge is 0.0546 e. The van der Waals surface area contributed by atoms with Crippen LogP contribution < -0.4 is 4.90 Å². The van der Waals surface area contributed by atoms with Crippen LogP contribution in [0.2, 0.25) is 0 Å². The van der Waals surface area contributed by atoms with Gasteiger partial charge in [0.25, 0.3) is 0 Å². The van der Waals surface area contributed by atoms with E-state index in [2.05, 4.69) is 229 Å². The van der Waals surface area contributed by atoms with Gasteiger partial charge in [-0.3, -0.25) is 0 Å². The third kappa shape index (κ3) is 5.80. The normalized spacial score (nSPS) is 11.5. The van der Waals surface area contributed by atoms with Crippen LogP contribution in [0.5, 0.6) is 0 Å². The second-order valence-corrected chi connectivity index (χ2v) is 14.9. The summed E-state index contributed by atoms with van der Waals surface area (Å²) < 4.78 is 0. The number of hydrogen-bond acceptors (Lipinski definition) is 1. The van der Waals surface area contributed by atoms with E-state index in [1.807, 2.05) is 0 Å². The van der Waals surface area contributed by atoms with Crippen LogP contribution in [0.4, 0.5) is 17.1 Å². The molecule has 0 spiro atoms.